The van der Waals surface area contributed by atoms with Gasteiger partial charge in [-0.05, 0) is 25.0 Å². The summed E-state index contributed by atoms with van der Waals surface area (Å²) in [5, 5.41) is 2.39. The Bertz CT molecular complexity index is 586. The highest BCUT2D eigenvalue weighted by molar-refractivity contribution is 5.71. The Morgan fingerprint density at radius 3 is 2.84 bits per heavy atom. The molecule has 3 rings (SSSR count). The Labute approximate surface area is 107 Å². The Morgan fingerprint density at radius 1 is 1.37 bits per heavy atom. The van der Waals surface area contributed by atoms with Crippen LogP contribution in [0.15, 0.2) is 18.3 Å². The van der Waals surface area contributed by atoms with Crippen LogP contribution in [-0.2, 0) is 6.54 Å². The molecule has 0 bridgehead atoms. The predicted octanol–water partition coefficient (Wildman–Crippen LogP) is 2.42. The molecule has 1 saturated carbocycles. The summed E-state index contributed by atoms with van der Waals surface area (Å²) in [5.74, 6) is 0.625. The smallest absolute Gasteiger partial charge is 0.309 e. The van der Waals surface area contributed by atoms with E-state index in [2.05, 4.69) is 15.3 Å². The molecule has 1 N–H and O–H groups in total. The molecule has 0 radical (unpaired) electrons. The molecule has 2 heterocycles. The lowest BCUT2D eigenvalue weighted by atomic mass is 10.4. The van der Waals surface area contributed by atoms with E-state index < -0.39 is 12.7 Å². The number of aromatic nitrogens is 3. The van der Waals surface area contributed by atoms with E-state index in [4.69, 9.17) is 0 Å². The summed E-state index contributed by atoms with van der Waals surface area (Å²) in [6.07, 6.45) is -0.451. The van der Waals surface area contributed by atoms with E-state index in [9.17, 15) is 13.2 Å². The zero-order valence-corrected chi connectivity index (χ0v) is 10.1. The minimum absolute atomic E-state index is 0.104. The van der Waals surface area contributed by atoms with Crippen molar-refractivity contribution in [3.63, 3.8) is 0 Å². The van der Waals surface area contributed by atoms with Gasteiger partial charge in [-0.25, -0.2) is 9.97 Å². The van der Waals surface area contributed by atoms with Crippen LogP contribution < -0.4 is 5.32 Å². The second kappa shape index (κ2) is 4.48. The lowest BCUT2D eigenvalue weighted by molar-refractivity contribution is -0.125. The Balaban J connectivity index is 1.84. The number of nitrogens with one attached hydrogen (secondary N) is 1. The molecule has 4 nitrogen and oxygen atoms in total. The molecule has 0 atom stereocenters. The standard InChI is InChI=1S/C12H13F3N4/c13-12(14,15)7-16-6-10-18-9-2-1-5-17-11(9)19(10)8-3-4-8/h1-2,5,8,16H,3-4,6-7H2. The second-order valence-corrected chi connectivity index (χ2v) is 4.69. The van der Waals surface area contributed by atoms with Crippen molar-refractivity contribution in [1.82, 2.24) is 19.9 Å². The maximum absolute atomic E-state index is 12.1. The van der Waals surface area contributed by atoms with Crippen molar-refractivity contribution in [2.45, 2.75) is 31.6 Å². The molecule has 0 unspecified atom stereocenters. The summed E-state index contributed by atoms with van der Waals surface area (Å²) in [7, 11) is 0. The van der Waals surface area contributed by atoms with Crippen LogP contribution in [0.3, 0.4) is 0 Å². The van der Waals surface area contributed by atoms with E-state index in [1.165, 1.54) is 0 Å². The Kier molecular flexibility index (Phi) is 2.93. The molecule has 1 aliphatic carbocycles. The van der Waals surface area contributed by atoms with Gasteiger partial charge in [-0.15, -0.1) is 0 Å². The summed E-state index contributed by atoms with van der Waals surface area (Å²) in [6, 6.07) is 3.94. The third-order valence-corrected chi connectivity index (χ3v) is 3.04. The van der Waals surface area contributed by atoms with Crippen molar-refractivity contribution < 1.29 is 13.2 Å². The van der Waals surface area contributed by atoms with Gasteiger partial charge in [0, 0.05) is 12.2 Å². The Morgan fingerprint density at radius 2 is 2.16 bits per heavy atom. The van der Waals surface area contributed by atoms with E-state index in [-0.39, 0.29) is 6.54 Å². The van der Waals surface area contributed by atoms with Crippen molar-refractivity contribution in [2.24, 2.45) is 0 Å². The highest BCUT2D eigenvalue weighted by Crippen LogP contribution is 2.38. The minimum atomic E-state index is -4.20. The lowest BCUT2D eigenvalue weighted by Crippen LogP contribution is -2.29. The number of alkyl halides is 3. The van der Waals surface area contributed by atoms with Gasteiger partial charge in [-0.1, -0.05) is 0 Å². The monoisotopic (exact) mass is 270 g/mol. The highest BCUT2D eigenvalue weighted by Gasteiger charge is 2.30. The first kappa shape index (κ1) is 12.4. The first-order chi connectivity index (χ1) is 9.04. The number of hydrogen-bond donors (Lipinski definition) is 1. The van der Waals surface area contributed by atoms with E-state index in [0.29, 0.717) is 11.9 Å². The molecular weight excluding hydrogens is 257 g/mol. The summed E-state index contributed by atoms with van der Waals surface area (Å²) in [6.45, 7) is -0.902. The molecule has 0 saturated heterocycles. The van der Waals surface area contributed by atoms with Gasteiger partial charge in [0.2, 0.25) is 0 Å². The zero-order valence-electron chi connectivity index (χ0n) is 10.1. The van der Waals surface area contributed by atoms with Gasteiger partial charge in [-0.3, -0.25) is 0 Å². The molecule has 1 fully saturated rings. The normalized spacial score (nSPS) is 16.2. The fraction of sp³-hybridized carbons (Fsp3) is 0.500. The predicted molar refractivity (Wildman–Crippen MR) is 63.6 cm³/mol. The van der Waals surface area contributed by atoms with E-state index in [0.717, 1.165) is 24.0 Å². The third kappa shape index (κ3) is 2.70. The number of fused-ring (bicyclic) bond motifs is 1. The molecule has 2 aromatic heterocycles. The van der Waals surface area contributed by atoms with E-state index in [1.807, 2.05) is 10.6 Å². The van der Waals surface area contributed by atoms with Crippen molar-refractivity contribution in [3.05, 3.63) is 24.2 Å². The van der Waals surface area contributed by atoms with Crippen LogP contribution in [0.1, 0.15) is 24.7 Å². The summed E-state index contributed by atoms with van der Waals surface area (Å²) < 4.78 is 38.4. The van der Waals surface area contributed by atoms with Crippen molar-refractivity contribution in [2.75, 3.05) is 6.54 Å². The fourth-order valence-electron chi connectivity index (χ4n) is 2.13. The van der Waals surface area contributed by atoms with Gasteiger partial charge in [0.25, 0.3) is 0 Å². The summed E-state index contributed by atoms with van der Waals surface area (Å²) in [4.78, 5) is 8.63. The van der Waals surface area contributed by atoms with E-state index in [1.54, 1.807) is 12.3 Å². The van der Waals surface area contributed by atoms with Gasteiger partial charge < -0.3 is 9.88 Å². The Hall–Kier alpha value is -1.63. The molecule has 102 valence electrons. The maximum Gasteiger partial charge on any atom is 0.401 e. The summed E-state index contributed by atoms with van der Waals surface area (Å²) >= 11 is 0. The van der Waals surface area contributed by atoms with Gasteiger partial charge in [0.15, 0.2) is 5.65 Å². The largest absolute Gasteiger partial charge is 0.401 e. The van der Waals surface area contributed by atoms with Crippen LogP contribution in [0.4, 0.5) is 13.2 Å². The van der Waals surface area contributed by atoms with Gasteiger partial charge in [0.1, 0.15) is 11.3 Å². The number of pyridine rings is 1. The average Bonchev–Trinajstić information content (AvgIpc) is 3.09. The van der Waals surface area contributed by atoms with Crippen LogP contribution in [0.2, 0.25) is 0 Å². The SMILES string of the molecule is FC(F)(F)CNCc1nc2cccnc2n1C1CC1. The van der Waals surface area contributed by atoms with Crippen LogP contribution in [0, 0.1) is 0 Å². The number of imidazole rings is 1. The van der Waals surface area contributed by atoms with Crippen LogP contribution in [0.25, 0.3) is 11.2 Å². The molecule has 0 spiro atoms. The molecule has 2 aromatic rings. The van der Waals surface area contributed by atoms with Crippen molar-refractivity contribution in [3.8, 4) is 0 Å². The second-order valence-electron chi connectivity index (χ2n) is 4.69. The maximum atomic E-state index is 12.1. The van der Waals surface area contributed by atoms with Gasteiger partial charge in [-0.2, -0.15) is 13.2 Å². The number of halogens is 3. The fourth-order valence-corrected chi connectivity index (χ4v) is 2.13. The van der Waals surface area contributed by atoms with Gasteiger partial charge >= 0.3 is 6.18 Å². The molecule has 0 aliphatic heterocycles. The summed E-state index contributed by atoms with van der Waals surface area (Å²) in [5.41, 5.74) is 1.49. The quantitative estimate of drug-likeness (QED) is 0.927. The highest BCUT2D eigenvalue weighted by atomic mass is 19.4. The van der Waals surface area contributed by atoms with Crippen molar-refractivity contribution >= 4 is 11.2 Å². The lowest BCUT2D eigenvalue weighted by Gasteiger charge is -2.09. The minimum Gasteiger partial charge on any atom is -0.309 e. The molecule has 19 heavy (non-hydrogen) atoms. The molecule has 0 aromatic carbocycles. The van der Waals surface area contributed by atoms with Gasteiger partial charge in [0.05, 0.1) is 13.1 Å². The van der Waals surface area contributed by atoms with Crippen LogP contribution >= 0.6 is 0 Å². The molecule has 0 amide bonds. The third-order valence-electron chi connectivity index (χ3n) is 3.04. The molecular formula is C12H13F3N4. The topological polar surface area (TPSA) is 42.7 Å². The molecule has 1 aliphatic rings. The number of rotatable bonds is 4. The van der Waals surface area contributed by atoms with Crippen LogP contribution in [0.5, 0.6) is 0 Å². The number of hydrogen-bond acceptors (Lipinski definition) is 3. The average molecular weight is 270 g/mol. The number of nitrogens with zero attached hydrogens (tertiary/aromatic N) is 3. The first-order valence-corrected chi connectivity index (χ1v) is 6.14. The first-order valence-electron chi connectivity index (χ1n) is 6.14. The van der Waals surface area contributed by atoms with E-state index >= 15 is 0 Å². The zero-order chi connectivity index (χ0) is 13.5. The molecule has 7 heteroatoms. The van der Waals surface area contributed by atoms with Crippen LogP contribution in [-0.4, -0.2) is 27.3 Å². The van der Waals surface area contributed by atoms with Crippen molar-refractivity contribution in [1.29, 1.82) is 0 Å².